The van der Waals surface area contributed by atoms with Crippen molar-refractivity contribution in [2.45, 2.75) is 27.1 Å². The van der Waals surface area contributed by atoms with E-state index >= 15 is 0 Å². The van der Waals surface area contributed by atoms with E-state index in [1.165, 1.54) is 13.8 Å². The maximum Gasteiger partial charge on any atom is 0.319 e. The number of methoxy groups -OCH3 is 1. The average Bonchev–Trinajstić information content (AvgIpc) is 2.38. The van der Waals surface area contributed by atoms with Crippen molar-refractivity contribution in [3.8, 4) is 6.01 Å². The second-order valence-electron chi connectivity index (χ2n) is 4.04. The Hall–Kier alpha value is -2.01. The van der Waals surface area contributed by atoms with Crippen LogP contribution in [0.2, 0.25) is 0 Å². The highest BCUT2D eigenvalue weighted by atomic mass is 16.7. The normalized spacial score (nSPS) is 11.4. The van der Waals surface area contributed by atoms with Crippen LogP contribution in [0.1, 0.15) is 20.8 Å². The molecule has 0 N–H and O–H groups in total. The molecule has 0 aliphatic rings. The summed E-state index contributed by atoms with van der Waals surface area (Å²) in [7, 11) is 1.58. The molecule has 0 bridgehead atoms. The Kier molecular flexibility index (Phi) is 5.89. The summed E-state index contributed by atoms with van der Waals surface area (Å²) in [6.45, 7) is 4.85. The van der Waals surface area contributed by atoms with E-state index in [1.807, 2.05) is 24.3 Å². The first-order valence-corrected chi connectivity index (χ1v) is 5.91. The molecule has 1 aromatic heterocycles. The minimum atomic E-state index is -0.342. The first-order chi connectivity index (χ1) is 9.02. The lowest BCUT2D eigenvalue weighted by Crippen LogP contribution is -2.15. The third kappa shape index (κ3) is 5.44. The number of ether oxygens (including phenoxy) is 2. The molecule has 1 heterocycles. The van der Waals surface area contributed by atoms with Crippen molar-refractivity contribution in [1.29, 1.82) is 0 Å². The molecule has 2 aromatic rings. The van der Waals surface area contributed by atoms with Crippen molar-refractivity contribution in [1.82, 2.24) is 9.97 Å². The van der Waals surface area contributed by atoms with Crippen molar-refractivity contribution in [2.75, 3.05) is 7.11 Å². The number of benzene rings is 1. The van der Waals surface area contributed by atoms with Crippen LogP contribution in [0.5, 0.6) is 6.01 Å². The maximum atomic E-state index is 9.44. The van der Waals surface area contributed by atoms with Gasteiger partial charge in [-0.2, -0.15) is 4.98 Å². The summed E-state index contributed by atoms with van der Waals surface area (Å²) in [6, 6.07) is 8.09. The van der Waals surface area contributed by atoms with Gasteiger partial charge in [-0.1, -0.05) is 18.2 Å². The molecule has 0 spiro atoms. The van der Waals surface area contributed by atoms with Gasteiger partial charge in [-0.25, -0.2) is 4.98 Å². The number of aromatic nitrogens is 2. The molecule has 1 atom stereocenters. The molecular weight excluding hydrogens is 244 g/mol. The summed E-state index contributed by atoms with van der Waals surface area (Å²) < 4.78 is 10.3. The van der Waals surface area contributed by atoms with Gasteiger partial charge >= 0.3 is 6.01 Å². The fourth-order valence-corrected chi connectivity index (χ4v) is 1.21. The first-order valence-electron chi connectivity index (χ1n) is 5.91. The number of carbonyl (C=O) groups is 1. The standard InChI is InChI=1S/C11H12N2O2.C3H6O/c1-8(14-2)15-11-12-7-9-5-3-4-6-10(9)13-11;1-3(2)4/h3-8H,1-2H3;1-2H3. The number of carbonyl (C=O) groups excluding carboxylic acids is 1. The third-order valence-corrected chi connectivity index (χ3v) is 2.07. The van der Waals surface area contributed by atoms with E-state index in [2.05, 4.69) is 9.97 Å². The van der Waals surface area contributed by atoms with Gasteiger partial charge in [0.25, 0.3) is 0 Å². The number of ketones is 1. The van der Waals surface area contributed by atoms with Crippen molar-refractivity contribution in [3.05, 3.63) is 30.5 Å². The molecule has 1 unspecified atom stereocenters. The van der Waals surface area contributed by atoms with Crippen molar-refractivity contribution in [2.24, 2.45) is 0 Å². The molecule has 0 saturated heterocycles. The van der Waals surface area contributed by atoms with Crippen LogP contribution in [0.4, 0.5) is 0 Å². The summed E-state index contributed by atoms with van der Waals surface area (Å²) in [4.78, 5) is 17.8. The number of hydrogen-bond acceptors (Lipinski definition) is 5. The topological polar surface area (TPSA) is 61.3 Å². The first kappa shape index (κ1) is 15.0. The minimum absolute atomic E-state index is 0.167. The quantitative estimate of drug-likeness (QED) is 0.796. The van der Waals surface area contributed by atoms with Crippen LogP contribution in [0, 0.1) is 0 Å². The van der Waals surface area contributed by atoms with Gasteiger partial charge in [0.15, 0.2) is 6.29 Å². The van der Waals surface area contributed by atoms with Gasteiger partial charge in [-0.15, -0.1) is 0 Å². The highest BCUT2D eigenvalue weighted by Crippen LogP contribution is 2.13. The minimum Gasteiger partial charge on any atom is -0.434 e. The Balaban J connectivity index is 0.000000399. The molecule has 0 amide bonds. The van der Waals surface area contributed by atoms with Crippen LogP contribution in [0.25, 0.3) is 10.9 Å². The van der Waals surface area contributed by atoms with Gasteiger partial charge in [-0.3, -0.25) is 0 Å². The smallest absolute Gasteiger partial charge is 0.319 e. The molecule has 0 aliphatic carbocycles. The lowest BCUT2D eigenvalue weighted by Gasteiger charge is -2.10. The van der Waals surface area contributed by atoms with Crippen LogP contribution in [-0.4, -0.2) is 29.2 Å². The summed E-state index contributed by atoms with van der Waals surface area (Å²) >= 11 is 0. The zero-order valence-corrected chi connectivity index (χ0v) is 11.6. The van der Waals surface area contributed by atoms with E-state index in [4.69, 9.17) is 9.47 Å². The molecule has 5 nitrogen and oxygen atoms in total. The molecule has 0 aliphatic heterocycles. The van der Waals surface area contributed by atoms with Crippen molar-refractivity contribution >= 4 is 16.7 Å². The van der Waals surface area contributed by atoms with E-state index in [1.54, 1.807) is 20.2 Å². The zero-order valence-electron chi connectivity index (χ0n) is 11.6. The number of fused-ring (bicyclic) bond motifs is 1. The summed E-state index contributed by atoms with van der Waals surface area (Å²) in [5, 5.41) is 0.995. The second kappa shape index (κ2) is 7.43. The predicted octanol–water partition coefficient (Wildman–Crippen LogP) is 2.60. The lowest BCUT2D eigenvalue weighted by molar-refractivity contribution is -0.114. The van der Waals surface area contributed by atoms with Crippen molar-refractivity contribution < 1.29 is 14.3 Å². The fraction of sp³-hybridized carbons (Fsp3) is 0.357. The van der Waals surface area contributed by atoms with Gasteiger partial charge in [-0.05, 0) is 26.8 Å². The summed E-state index contributed by atoms with van der Waals surface area (Å²) in [5.41, 5.74) is 0.866. The number of rotatable bonds is 3. The molecular formula is C14H18N2O3. The molecule has 0 radical (unpaired) electrons. The van der Waals surface area contributed by atoms with Crippen LogP contribution in [-0.2, 0) is 9.53 Å². The second-order valence-corrected chi connectivity index (χ2v) is 4.04. The number of para-hydroxylation sites is 1. The summed E-state index contributed by atoms with van der Waals surface area (Å²) in [5.74, 6) is 0.167. The molecule has 5 heteroatoms. The molecule has 1 aromatic carbocycles. The SMILES string of the molecule is CC(C)=O.COC(C)Oc1ncc2ccccc2n1. The molecule has 0 fully saturated rings. The Morgan fingerprint density at radius 2 is 1.89 bits per heavy atom. The molecule has 19 heavy (non-hydrogen) atoms. The van der Waals surface area contributed by atoms with Crippen LogP contribution in [0.15, 0.2) is 30.5 Å². The molecule has 0 saturated carbocycles. The van der Waals surface area contributed by atoms with Gasteiger partial charge in [0.05, 0.1) is 5.52 Å². The van der Waals surface area contributed by atoms with E-state index < -0.39 is 0 Å². The average molecular weight is 262 g/mol. The Bertz CT molecular complexity index is 539. The van der Waals surface area contributed by atoms with Gasteiger partial charge in [0.2, 0.25) is 0 Å². The van der Waals surface area contributed by atoms with Gasteiger partial charge in [0.1, 0.15) is 5.78 Å². The van der Waals surface area contributed by atoms with Crippen molar-refractivity contribution in [3.63, 3.8) is 0 Å². The highest BCUT2D eigenvalue weighted by molar-refractivity contribution is 5.77. The monoisotopic (exact) mass is 262 g/mol. The third-order valence-electron chi connectivity index (χ3n) is 2.07. The number of nitrogens with zero attached hydrogens (tertiary/aromatic N) is 2. The van der Waals surface area contributed by atoms with Gasteiger partial charge in [0, 0.05) is 18.7 Å². The van der Waals surface area contributed by atoms with Crippen LogP contribution >= 0.6 is 0 Å². The zero-order chi connectivity index (χ0) is 14.3. The largest absolute Gasteiger partial charge is 0.434 e. The van der Waals surface area contributed by atoms with E-state index in [9.17, 15) is 4.79 Å². The van der Waals surface area contributed by atoms with Crippen LogP contribution in [0.3, 0.4) is 0 Å². The Morgan fingerprint density at radius 3 is 2.53 bits per heavy atom. The fourth-order valence-electron chi connectivity index (χ4n) is 1.21. The summed E-state index contributed by atoms with van der Waals surface area (Å²) in [6.07, 6.45) is 1.39. The van der Waals surface area contributed by atoms with E-state index in [0.717, 1.165) is 10.9 Å². The van der Waals surface area contributed by atoms with E-state index in [0.29, 0.717) is 6.01 Å². The Labute approximate surface area is 112 Å². The van der Waals surface area contributed by atoms with E-state index in [-0.39, 0.29) is 12.1 Å². The highest BCUT2D eigenvalue weighted by Gasteiger charge is 2.04. The molecule has 2 rings (SSSR count). The molecule has 102 valence electrons. The predicted molar refractivity (Wildman–Crippen MR) is 73.0 cm³/mol. The lowest BCUT2D eigenvalue weighted by atomic mass is 10.2. The number of Topliss-reactive ketones (excluding diaryl/α,β-unsaturated/α-hetero) is 1. The van der Waals surface area contributed by atoms with Crippen LogP contribution < -0.4 is 4.74 Å². The maximum absolute atomic E-state index is 9.44. The van der Waals surface area contributed by atoms with Gasteiger partial charge < -0.3 is 14.3 Å². The number of hydrogen-bond donors (Lipinski definition) is 0. The Morgan fingerprint density at radius 1 is 1.26 bits per heavy atom.